The molecule has 11 heteroatoms. The number of hydrogen-bond acceptors (Lipinski definition) is 7. The van der Waals surface area contributed by atoms with Gasteiger partial charge in [0.2, 0.25) is 17.7 Å². The highest BCUT2D eigenvalue weighted by molar-refractivity contribution is 5.99. The second-order valence-corrected chi connectivity index (χ2v) is 13.0. The molecule has 0 aliphatic carbocycles. The van der Waals surface area contributed by atoms with Crippen LogP contribution >= 0.6 is 0 Å². The molecule has 3 aromatic rings. The summed E-state index contributed by atoms with van der Waals surface area (Å²) in [6, 6.07) is 15.5. The van der Waals surface area contributed by atoms with Crippen LogP contribution in [0.4, 0.5) is 0 Å². The van der Waals surface area contributed by atoms with E-state index in [9.17, 15) is 19.5 Å². The van der Waals surface area contributed by atoms with Gasteiger partial charge in [0.1, 0.15) is 23.8 Å². The van der Waals surface area contributed by atoms with Crippen molar-refractivity contribution in [2.75, 3.05) is 19.7 Å². The second kappa shape index (κ2) is 13.4. The zero-order chi connectivity index (χ0) is 33.3. The van der Waals surface area contributed by atoms with Crippen molar-refractivity contribution in [3.8, 4) is 0 Å². The smallest absolute Gasteiger partial charge is 0.250 e. The molecule has 2 bridgehead atoms. The van der Waals surface area contributed by atoms with Crippen molar-refractivity contribution in [1.82, 2.24) is 29.7 Å². The third-order valence-corrected chi connectivity index (χ3v) is 10.4. The van der Waals surface area contributed by atoms with Crippen LogP contribution in [-0.4, -0.2) is 96.0 Å². The highest BCUT2D eigenvalue weighted by Crippen LogP contribution is 2.59. The number of carbonyl (C=O) groups excluding carboxylic acids is 3. The number of amides is 3. The predicted octanol–water partition coefficient (Wildman–Crippen LogP) is 3.40. The number of ether oxygens (including phenoxy) is 1. The normalized spacial score (nSPS) is 25.9. The molecule has 1 aromatic heterocycles. The lowest BCUT2D eigenvalue weighted by Gasteiger charge is -2.40. The van der Waals surface area contributed by atoms with E-state index >= 15 is 0 Å². The number of hydrogen-bond donors (Lipinski definition) is 1. The van der Waals surface area contributed by atoms with Crippen LogP contribution in [0.25, 0.3) is 11.0 Å². The molecule has 3 aliphatic heterocycles. The molecule has 4 heterocycles. The van der Waals surface area contributed by atoms with Gasteiger partial charge in [-0.2, -0.15) is 0 Å². The number of likely N-dealkylation sites (tertiary alicyclic amines) is 1. The molecule has 2 aromatic carbocycles. The Balaban J connectivity index is 1.39. The summed E-state index contributed by atoms with van der Waals surface area (Å²) >= 11 is 0. The third-order valence-electron chi connectivity index (χ3n) is 10.4. The summed E-state index contributed by atoms with van der Waals surface area (Å²) in [6.07, 6.45) is 4.52. The van der Waals surface area contributed by atoms with E-state index < -0.39 is 35.6 Å². The number of aliphatic hydroxyl groups excluding tert-OH is 1. The minimum Gasteiger partial charge on any atom is -0.394 e. The van der Waals surface area contributed by atoms with E-state index in [1.165, 1.54) is 0 Å². The minimum atomic E-state index is -1.21. The van der Waals surface area contributed by atoms with Crippen LogP contribution in [0, 0.1) is 17.8 Å². The molecular weight excluding hydrogens is 596 g/mol. The molecule has 47 heavy (non-hydrogen) atoms. The van der Waals surface area contributed by atoms with Crippen molar-refractivity contribution in [3.05, 3.63) is 85.5 Å². The lowest BCUT2D eigenvalue weighted by atomic mass is 9.70. The quantitative estimate of drug-likeness (QED) is 0.268. The fourth-order valence-corrected chi connectivity index (χ4v) is 7.96. The third kappa shape index (κ3) is 5.55. The lowest BCUT2D eigenvalue weighted by Crippen LogP contribution is -2.60. The zero-order valence-corrected chi connectivity index (χ0v) is 27.1. The highest BCUT2D eigenvalue weighted by atomic mass is 16.5. The van der Waals surface area contributed by atoms with Crippen LogP contribution in [0.2, 0.25) is 0 Å². The second-order valence-electron chi connectivity index (χ2n) is 13.0. The molecule has 1 N–H and O–H groups in total. The number of benzene rings is 2. The van der Waals surface area contributed by atoms with Gasteiger partial charge in [0, 0.05) is 19.6 Å². The summed E-state index contributed by atoms with van der Waals surface area (Å²) in [7, 11) is 0. The van der Waals surface area contributed by atoms with Crippen LogP contribution in [0.1, 0.15) is 38.7 Å². The number of rotatable bonds is 14. The Morgan fingerprint density at radius 1 is 1.09 bits per heavy atom. The molecule has 1 spiro atoms. The van der Waals surface area contributed by atoms with Crippen molar-refractivity contribution in [3.63, 3.8) is 0 Å². The van der Waals surface area contributed by atoms with Crippen LogP contribution < -0.4 is 0 Å². The van der Waals surface area contributed by atoms with E-state index in [-0.39, 0.29) is 43.5 Å². The van der Waals surface area contributed by atoms with E-state index in [4.69, 9.17) is 4.74 Å². The minimum absolute atomic E-state index is 0.0771. The zero-order valence-electron chi connectivity index (χ0n) is 27.1. The first-order chi connectivity index (χ1) is 22.8. The Labute approximate surface area is 275 Å². The van der Waals surface area contributed by atoms with Gasteiger partial charge < -0.3 is 24.5 Å². The Morgan fingerprint density at radius 2 is 1.79 bits per heavy atom. The van der Waals surface area contributed by atoms with Gasteiger partial charge in [0.15, 0.2) is 0 Å². The number of fused-ring (bicyclic) bond motifs is 2. The fraction of sp³-hybridized carbons (Fsp3) is 0.472. The lowest BCUT2D eigenvalue weighted by molar-refractivity contribution is -0.154. The molecule has 2 unspecified atom stereocenters. The summed E-state index contributed by atoms with van der Waals surface area (Å²) in [6.45, 7) is 12.4. The molecule has 3 aliphatic rings. The maximum Gasteiger partial charge on any atom is 0.250 e. The van der Waals surface area contributed by atoms with Crippen LogP contribution in [0.5, 0.6) is 0 Å². The Hall–Kier alpha value is -4.35. The van der Waals surface area contributed by atoms with Crippen molar-refractivity contribution >= 4 is 28.8 Å². The molecule has 3 fully saturated rings. The van der Waals surface area contributed by atoms with Crippen molar-refractivity contribution in [1.29, 1.82) is 0 Å². The summed E-state index contributed by atoms with van der Waals surface area (Å²) in [4.78, 5) is 49.0. The van der Waals surface area contributed by atoms with Gasteiger partial charge in [-0.05, 0) is 36.5 Å². The van der Waals surface area contributed by atoms with Gasteiger partial charge >= 0.3 is 0 Å². The standard InChI is InChI=1S/C36H44N6O5/c1-5-19-39(21-25-13-9-8-10-14-25)33(44)30-29-17-18-36(47-29)31(30)34(45)42(28(22-43)24(4)7-3)32(36)35(46)40(20-6-2)23-41-27-16-12-11-15-26(27)37-38-41/h5-6,8-16,24,28-32,43H,1-2,7,17-23H2,3-4H3/t24-,28-,29-,30+,31-,32?,36?/m0/s1. The van der Waals surface area contributed by atoms with Crippen molar-refractivity contribution in [2.24, 2.45) is 17.8 Å². The van der Waals surface area contributed by atoms with Gasteiger partial charge in [-0.25, -0.2) is 4.68 Å². The van der Waals surface area contributed by atoms with Crippen molar-refractivity contribution < 1.29 is 24.2 Å². The Morgan fingerprint density at radius 3 is 2.49 bits per heavy atom. The number of para-hydroxylation sites is 1. The molecule has 3 saturated heterocycles. The number of carbonyl (C=O) groups is 3. The molecule has 11 nitrogen and oxygen atoms in total. The largest absolute Gasteiger partial charge is 0.394 e. The number of aromatic nitrogens is 3. The van der Waals surface area contributed by atoms with Crippen LogP contribution in [0.3, 0.4) is 0 Å². The monoisotopic (exact) mass is 640 g/mol. The molecule has 0 radical (unpaired) electrons. The van der Waals surface area contributed by atoms with Crippen LogP contribution in [-0.2, 0) is 32.3 Å². The molecular formula is C36H44N6O5. The molecule has 248 valence electrons. The van der Waals surface area contributed by atoms with Crippen molar-refractivity contribution in [2.45, 2.75) is 70.1 Å². The summed E-state index contributed by atoms with van der Waals surface area (Å²) in [5.41, 5.74) is 1.22. The molecule has 3 amide bonds. The average molecular weight is 641 g/mol. The van der Waals surface area contributed by atoms with Gasteiger partial charge in [-0.3, -0.25) is 14.4 Å². The van der Waals surface area contributed by atoms with Gasteiger partial charge in [-0.1, -0.05) is 80.1 Å². The first-order valence-corrected chi connectivity index (χ1v) is 16.5. The first kappa shape index (κ1) is 32.6. The van der Waals surface area contributed by atoms with E-state index in [1.807, 2.05) is 68.4 Å². The van der Waals surface area contributed by atoms with E-state index in [2.05, 4.69) is 23.5 Å². The highest BCUT2D eigenvalue weighted by Gasteiger charge is 2.75. The van der Waals surface area contributed by atoms with E-state index in [0.717, 1.165) is 11.1 Å². The van der Waals surface area contributed by atoms with Crippen LogP contribution in [0.15, 0.2) is 79.9 Å². The maximum atomic E-state index is 14.9. The maximum absolute atomic E-state index is 14.9. The molecule has 6 rings (SSSR count). The Bertz CT molecular complexity index is 1640. The molecule has 7 atom stereocenters. The topological polar surface area (TPSA) is 121 Å². The summed E-state index contributed by atoms with van der Waals surface area (Å²) in [5, 5.41) is 19.3. The molecule has 0 saturated carbocycles. The average Bonchev–Trinajstić information content (AvgIpc) is 3.84. The summed E-state index contributed by atoms with van der Waals surface area (Å²) < 4.78 is 8.40. The van der Waals surface area contributed by atoms with E-state index in [0.29, 0.717) is 37.9 Å². The Kier molecular flexibility index (Phi) is 9.29. The summed E-state index contributed by atoms with van der Waals surface area (Å²) in [5.74, 6) is -2.56. The van der Waals surface area contributed by atoms with Gasteiger partial charge in [-0.15, -0.1) is 18.3 Å². The predicted molar refractivity (Wildman–Crippen MR) is 176 cm³/mol. The van der Waals surface area contributed by atoms with Gasteiger partial charge in [0.25, 0.3) is 0 Å². The SMILES string of the molecule is C=CCN(Cn1nnc2ccccc21)C(=O)C1N([C@@H](CO)[C@@H](C)CC)C(=O)[C@@H]2[C@H](C(=O)N(CC=C)Cc3ccccc3)[C@@H]3CCC12O3. The van der Waals surface area contributed by atoms with Gasteiger partial charge in [0.05, 0.1) is 36.1 Å². The first-order valence-electron chi connectivity index (χ1n) is 16.5. The fourth-order valence-electron chi connectivity index (χ4n) is 7.96. The number of nitrogens with zero attached hydrogens (tertiary/aromatic N) is 6. The van der Waals surface area contributed by atoms with E-state index in [1.54, 1.807) is 31.5 Å². The number of aliphatic hydroxyl groups is 1.